The third-order valence-corrected chi connectivity index (χ3v) is 5.25. The number of nitrogens with zero attached hydrogens (tertiary/aromatic N) is 2. The maximum absolute atomic E-state index is 4.35. The zero-order valence-corrected chi connectivity index (χ0v) is 17.4. The molecule has 0 unspecified atom stereocenters. The summed E-state index contributed by atoms with van der Waals surface area (Å²) in [6, 6.07) is 2.11. The third kappa shape index (κ3) is 6.62. The first-order valence-electron chi connectivity index (χ1n) is 6.26. The van der Waals surface area contributed by atoms with Crippen LogP contribution in [0.2, 0.25) is 0 Å². The van der Waals surface area contributed by atoms with Gasteiger partial charge in [0.15, 0.2) is 5.96 Å². The Bertz CT molecular complexity index is 582. The molecule has 0 atom stereocenters. The van der Waals surface area contributed by atoms with Gasteiger partial charge < -0.3 is 10.6 Å². The quantitative estimate of drug-likeness (QED) is 0.373. The van der Waals surface area contributed by atoms with Crippen LogP contribution >= 0.6 is 62.6 Å². The van der Waals surface area contributed by atoms with Gasteiger partial charge in [-0.15, -0.1) is 46.7 Å². The van der Waals surface area contributed by atoms with Crippen LogP contribution in [0.25, 0.3) is 0 Å². The van der Waals surface area contributed by atoms with Crippen LogP contribution in [0.3, 0.4) is 0 Å². The largest absolute Gasteiger partial charge is 0.356 e. The lowest BCUT2D eigenvalue weighted by Gasteiger charge is -2.10. The summed E-state index contributed by atoms with van der Waals surface area (Å²) < 4.78 is 1.13. The Hall–Kier alpha value is -0.190. The SMILES string of the molecule is CN=C(NCCc1ncc(C)s1)NCc1cc(Br)cs1.I. The number of thiazole rings is 1. The summed E-state index contributed by atoms with van der Waals surface area (Å²) in [7, 11) is 1.78. The van der Waals surface area contributed by atoms with E-state index in [9.17, 15) is 0 Å². The lowest BCUT2D eigenvalue weighted by molar-refractivity contribution is 0.796. The van der Waals surface area contributed by atoms with Crippen LogP contribution in [0.4, 0.5) is 0 Å². The smallest absolute Gasteiger partial charge is 0.191 e. The number of thiophene rings is 1. The highest BCUT2D eigenvalue weighted by Gasteiger charge is 2.02. The summed E-state index contributed by atoms with van der Waals surface area (Å²) in [5.74, 6) is 0.822. The second kappa shape index (κ2) is 9.75. The predicted octanol–water partition coefficient (Wildman–Crippen LogP) is 3.80. The van der Waals surface area contributed by atoms with Crippen LogP contribution in [-0.2, 0) is 13.0 Å². The zero-order chi connectivity index (χ0) is 14.4. The Morgan fingerprint density at radius 1 is 1.43 bits per heavy atom. The molecule has 0 spiro atoms. The van der Waals surface area contributed by atoms with Gasteiger partial charge in [0, 0.05) is 45.8 Å². The van der Waals surface area contributed by atoms with Gasteiger partial charge in [-0.05, 0) is 28.9 Å². The molecule has 0 amide bonds. The molecule has 0 aromatic carbocycles. The normalized spacial score (nSPS) is 11.1. The number of guanidine groups is 1. The monoisotopic (exact) mass is 500 g/mol. The summed E-state index contributed by atoms with van der Waals surface area (Å²) in [5, 5.41) is 9.85. The Kier molecular flexibility index (Phi) is 8.76. The number of halogens is 2. The van der Waals surface area contributed by atoms with Crippen LogP contribution in [0.5, 0.6) is 0 Å². The molecule has 21 heavy (non-hydrogen) atoms. The van der Waals surface area contributed by atoms with Crippen molar-refractivity contribution in [3.8, 4) is 0 Å². The summed E-state index contributed by atoms with van der Waals surface area (Å²) in [4.78, 5) is 11.1. The first kappa shape index (κ1) is 18.9. The molecule has 2 heterocycles. The fourth-order valence-corrected chi connectivity index (χ4v) is 3.82. The fraction of sp³-hybridized carbons (Fsp3) is 0.385. The van der Waals surface area contributed by atoms with E-state index in [-0.39, 0.29) is 24.0 Å². The zero-order valence-electron chi connectivity index (χ0n) is 11.9. The average molecular weight is 501 g/mol. The molecule has 0 fully saturated rings. The predicted molar refractivity (Wildman–Crippen MR) is 106 cm³/mol. The maximum Gasteiger partial charge on any atom is 0.191 e. The number of aromatic nitrogens is 1. The molecule has 2 N–H and O–H groups in total. The van der Waals surface area contributed by atoms with Crippen LogP contribution < -0.4 is 10.6 Å². The van der Waals surface area contributed by atoms with Crippen LogP contribution in [-0.4, -0.2) is 24.5 Å². The molecule has 4 nitrogen and oxygen atoms in total. The van der Waals surface area contributed by atoms with E-state index in [1.807, 2.05) is 6.20 Å². The highest BCUT2D eigenvalue weighted by Crippen LogP contribution is 2.19. The van der Waals surface area contributed by atoms with Crippen molar-refractivity contribution in [1.82, 2.24) is 15.6 Å². The van der Waals surface area contributed by atoms with Crippen molar-refractivity contribution < 1.29 is 0 Å². The van der Waals surface area contributed by atoms with Gasteiger partial charge >= 0.3 is 0 Å². The number of nitrogens with one attached hydrogen (secondary N) is 2. The van der Waals surface area contributed by atoms with E-state index in [4.69, 9.17) is 0 Å². The minimum atomic E-state index is 0. The van der Waals surface area contributed by atoms with Crippen molar-refractivity contribution >= 4 is 68.5 Å². The molecule has 0 aliphatic rings. The molecular formula is C13H18BrIN4S2. The summed E-state index contributed by atoms with van der Waals surface area (Å²) in [5.41, 5.74) is 0. The second-order valence-corrected chi connectivity index (χ2v) is 7.43. The lowest BCUT2D eigenvalue weighted by atomic mass is 10.4. The van der Waals surface area contributed by atoms with Gasteiger partial charge in [-0.2, -0.15) is 0 Å². The van der Waals surface area contributed by atoms with Crippen LogP contribution in [0.15, 0.2) is 27.1 Å². The van der Waals surface area contributed by atoms with Crippen molar-refractivity contribution in [2.24, 2.45) is 4.99 Å². The summed E-state index contributed by atoms with van der Waals surface area (Å²) in [6.07, 6.45) is 2.84. The van der Waals surface area contributed by atoms with E-state index >= 15 is 0 Å². The van der Waals surface area contributed by atoms with Gasteiger partial charge in [-0.1, -0.05) is 0 Å². The highest BCUT2D eigenvalue weighted by molar-refractivity contribution is 14.0. The average Bonchev–Trinajstić information content (AvgIpc) is 3.02. The molecule has 0 saturated carbocycles. The van der Waals surface area contributed by atoms with Crippen molar-refractivity contribution in [3.05, 3.63) is 36.9 Å². The Morgan fingerprint density at radius 2 is 2.24 bits per heavy atom. The number of aliphatic imine (C=N–C) groups is 1. The lowest BCUT2D eigenvalue weighted by Crippen LogP contribution is -2.37. The number of aryl methyl sites for hydroxylation is 1. The van der Waals surface area contributed by atoms with Gasteiger partial charge in [0.25, 0.3) is 0 Å². The molecule has 116 valence electrons. The van der Waals surface area contributed by atoms with Crippen molar-refractivity contribution in [3.63, 3.8) is 0 Å². The summed E-state index contributed by atoms with van der Waals surface area (Å²) in [6.45, 7) is 3.70. The Labute approximate surface area is 158 Å². The topological polar surface area (TPSA) is 49.3 Å². The number of hydrogen-bond acceptors (Lipinski definition) is 4. The van der Waals surface area contributed by atoms with Gasteiger partial charge in [0.2, 0.25) is 0 Å². The number of rotatable bonds is 5. The Balaban J connectivity index is 0.00000220. The summed E-state index contributed by atoms with van der Waals surface area (Å²) >= 11 is 6.93. The molecule has 2 aromatic heterocycles. The molecule has 0 aliphatic heterocycles. The van der Waals surface area contributed by atoms with E-state index < -0.39 is 0 Å². The van der Waals surface area contributed by atoms with E-state index in [0.29, 0.717) is 0 Å². The van der Waals surface area contributed by atoms with E-state index in [2.05, 4.69) is 54.9 Å². The molecule has 0 aliphatic carbocycles. The molecule has 0 radical (unpaired) electrons. The van der Waals surface area contributed by atoms with E-state index in [1.54, 1.807) is 29.7 Å². The molecular weight excluding hydrogens is 483 g/mol. The number of hydrogen-bond donors (Lipinski definition) is 2. The molecule has 2 aromatic rings. The van der Waals surface area contributed by atoms with E-state index in [0.717, 1.165) is 35.0 Å². The maximum atomic E-state index is 4.35. The highest BCUT2D eigenvalue weighted by atomic mass is 127. The first-order valence-corrected chi connectivity index (χ1v) is 8.75. The molecule has 8 heteroatoms. The van der Waals surface area contributed by atoms with Gasteiger partial charge in [-0.25, -0.2) is 4.98 Å². The van der Waals surface area contributed by atoms with Crippen molar-refractivity contribution in [2.45, 2.75) is 19.9 Å². The van der Waals surface area contributed by atoms with E-state index in [1.165, 1.54) is 9.75 Å². The van der Waals surface area contributed by atoms with Crippen molar-refractivity contribution in [2.75, 3.05) is 13.6 Å². The van der Waals surface area contributed by atoms with Gasteiger partial charge in [0.1, 0.15) is 0 Å². The first-order chi connectivity index (χ1) is 9.67. The Morgan fingerprint density at radius 3 is 2.81 bits per heavy atom. The molecule has 2 rings (SSSR count). The minimum Gasteiger partial charge on any atom is -0.356 e. The van der Waals surface area contributed by atoms with Gasteiger partial charge in [-0.3, -0.25) is 4.99 Å². The van der Waals surface area contributed by atoms with Crippen LogP contribution in [0, 0.1) is 6.92 Å². The van der Waals surface area contributed by atoms with Crippen molar-refractivity contribution in [1.29, 1.82) is 0 Å². The van der Waals surface area contributed by atoms with Gasteiger partial charge in [0.05, 0.1) is 11.6 Å². The van der Waals surface area contributed by atoms with Crippen LogP contribution in [0.1, 0.15) is 14.8 Å². The molecule has 0 saturated heterocycles. The molecule has 0 bridgehead atoms. The third-order valence-electron chi connectivity index (χ3n) is 2.58. The fourth-order valence-electron chi connectivity index (χ4n) is 1.64. The standard InChI is InChI=1S/C13H17BrN4S2.HI/c1-9-6-17-12(20-9)3-4-16-13(15-2)18-7-11-5-10(14)8-19-11;/h5-6,8H,3-4,7H2,1-2H3,(H2,15,16,18);1H. The minimum absolute atomic E-state index is 0. The second-order valence-electron chi connectivity index (χ2n) is 4.20.